The Hall–Kier alpha value is -3.28. The predicted octanol–water partition coefficient (Wildman–Crippen LogP) is 4.76. The van der Waals surface area contributed by atoms with E-state index in [4.69, 9.17) is 9.47 Å². The Morgan fingerprint density at radius 3 is 2.17 bits per heavy atom. The summed E-state index contributed by atoms with van der Waals surface area (Å²) in [4.78, 5) is 24.8. The lowest BCUT2D eigenvalue weighted by molar-refractivity contribution is -0.143. The standard InChI is InChI=1S/C23H26N2O4/c1-5-19-20(22(26)28-14(2)3)21(25-23(27)24-19)16-8-12-18(13-9-16)29-17-10-6-15(4)7-11-17/h6-14,21H,5H2,1-4H3,(H2,24,25,27). The summed E-state index contributed by atoms with van der Waals surface area (Å²) in [5.41, 5.74) is 2.93. The highest BCUT2D eigenvalue weighted by molar-refractivity contribution is 5.95. The first-order valence-electron chi connectivity index (χ1n) is 9.73. The molecule has 6 nitrogen and oxygen atoms in total. The largest absolute Gasteiger partial charge is 0.459 e. The van der Waals surface area contributed by atoms with E-state index in [0.717, 1.165) is 16.9 Å². The van der Waals surface area contributed by atoms with Crippen molar-refractivity contribution in [3.8, 4) is 11.5 Å². The number of aryl methyl sites for hydroxylation is 1. The number of hydrogen-bond acceptors (Lipinski definition) is 4. The molecule has 1 atom stereocenters. The number of carbonyl (C=O) groups excluding carboxylic acids is 2. The van der Waals surface area contributed by atoms with Gasteiger partial charge in [0.2, 0.25) is 0 Å². The third-order valence-electron chi connectivity index (χ3n) is 4.54. The fourth-order valence-corrected chi connectivity index (χ4v) is 3.14. The second-order valence-corrected chi connectivity index (χ2v) is 7.22. The quantitative estimate of drug-likeness (QED) is 0.693. The van der Waals surface area contributed by atoms with Crippen LogP contribution in [0.2, 0.25) is 0 Å². The average Bonchev–Trinajstić information content (AvgIpc) is 2.69. The molecule has 0 aromatic heterocycles. The molecule has 2 aromatic carbocycles. The highest BCUT2D eigenvalue weighted by Crippen LogP contribution is 2.31. The lowest BCUT2D eigenvalue weighted by Crippen LogP contribution is -2.46. The van der Waals surface area contributed by atoms with E-state index in [2.05, 4.69) is 10.6 Å². The van der Waals surface area contributed by atoms with Crippen molar-refractivity contribution in [2.75, 3.05) is 0 Å². The first-order valence-corrected chi connectivity index (χ1v) is 9.73. The van der Waals surface area contributed by atoms with E-state index in [0.29, 0.717) is 23.4 Å². The monoisotopic (exact) mass is 394 g/mol. The van der Waals surface area contributed by atoms with Crippen LogP contribution in [-0.4, -0.2) is 18.1 Å². The summed E-state index contributed by atoms with van der Waals surface area (Å²) in [6, 6.07) is 14.2. The minimum Gasteiger partial charge on any atom is -0.459 e. The van der Waals surface area contributed by atoms with Gasteiger partial charge in [-0.3, -0.25) is 0 Å². The molecule has 0 fully saturated rings. The molecule has 0 saturated carbocycles. The van der Waals surface area contributed by atoms with Crippen molar-refractivity contribution in [1.29, 1.82) is 0 Å². The fourth-order valence-electron chi connectivity index (χ4n) is 3.14. The molecule has 0 spiro atoms. The molecule has 1 heterocycles. The minimum absolute atomic E-state index is 0.253. The Bertz CT molecular complexity index is 915. The molecule has 1 aliphatic rings. The SMILES string of the molecule is CCC1=C(C(=O)OC(C)C)C(c2ccc(Oc3ccc(C)cc3)cc2)NC(=O)N1. The van der Waals surface area contributed by atoms with E-state index in [1.165, 1.54) is 0 Å². The minimum atomic E-state index is -0.585. The van der Waals surface area contributed by atoms with Gasteiger partial charge in [0.05, 0.1) is 17.7 Å². The van der Waals surface area contributed by atoms with E-state index < -0.39 is 12.0 Å². The van der Waals surface area contributed by atoms with E-state index in [1.807, 2.05) is 62.4 Å². The molecule has 0 aliphatic carbocycles. The first kappa shape index (κ1) is 20.5. The van der Waals surface area contributed by atoms with Crippen LogP contribution in [0.4, 0.5) is 4.79 Å². The van der Waals surface area contributed by atoms with Crippen LogP contribution in [0.3, 0.4) is 0 Å². The summed E-state index contributed by atoms with van der Waals surface area (Å²) in [5, 5.41) is 5.55. The Balaban J connectivity index is 1.87. The molecule has 1 aliphatic heterocycles. The number of hydrogen-bond donors (Lipinski definition) is 2. The summed E-state index contributed by atoms with van der Waals surface area (Å²) in [5.74, 6) is 0.978. The lowest BCUT2D eigenvalue weighted by atomic mass is 9.94. The lowest BCUT2D eigenvalue weighted by Gasteiger charge is -2.29. The maximum absolute atomic E-state index is 12.7. The van der Waals surface area contributed by atoms with Crippen LogP contribution in [0.5, 0.6) is 11.5 Å². The van der Waals surface area contributed by atoms with Gasteiger partial charge in [0, 0.05) is 5.70 Å². The summed E-state index contributed by atoms with van der Waals surface area (Å²) in [6.07, 6.45) is 0.262. The van der Waals surface area contributed by atoms with Gasteiger partial charge in [-0.25, -0.2) is 9.59 Å². The van der Waals surface area contributed by atoms with E-state index in [-0.39, 0.29) is 12.1 Å². The van der Waals surface area contributed by atoms with Crippen LogP contribution in [0, 0.1) is 6.92 Å². The Labute approximate surface area is 170 Å². The van der Waals surface area contributed by atoms with Crippen LogP contribution in [0.1, 0.15) is 44.4 Å². The van der Waals surface area contributed by atoms with Crippen LogP contribution in [0.15, 0.2) is 59.8 Å². The fraction of sp³-hybridized carbons (Fsp3) is 0.304. The molecule has 0 bridgehead atoms. The van der Waals surface area contributed by atoms with Crippen LogP contribution < -0.4 is 15.4 Å². The molecule has 29 heavy (non-hydrogen) atoms. The molecule has 152 valence electrons. The molecule has 2 amide bonds. The van der Waals surface area contributed by atoms with Crippen molar-refractivity contribution in [3.63, 3.8) is 0 Å². The van der Waals surface area contributed by atoms with Crippen LogP contribution in [-0.2, 0) is 9.53 Å². The molecule has 2 aromatic rings. The summed E-state index contributed by atoms with van der Waals surface area (Å²) >= 11 is 0. The molecule has 0 saturated heterocycles. The van der Waals surface area contributed by atoms with Gasteiger partial charge in [-0.15, -0.1) is 0 Å². The van der Waals surface area contributed by atoms with Gasteiger partial charge in [0.25, 0.3) is 0 Å². The van der Waals surface area contributed by atoms with Crippen molar-refractivity contribution in [2.45, 2.75) is 46.3 Å². The first-order chi connectivity index (χ1) is 13.9. The van der Waals surface area contributed by atoms with Crippen molar-refractivity contribution in [3.05, 3.63) is 70.9 Å². The van der Waals surface area contributed by atoms with Crippen molar-refractivity contribution < 1.29 is 19.1 Å². The molecular formula is C23H26N2O4. The topological polar surface area (TPSA) is 76.7 Å². The molecule has 6 heteroatoms. The van der Waals surface area contributed by atoms with E-state index in [1.54, 1.807) is 13.8 Å². The number of ether oxygens (including phenoxy) is 2. The second kappa shape index (κ2) is 8.82. The van der Waals surface area contributed by atoms with E-state index in [9.17, 15) is 9.59 Å². The Kier molecular flexibility index (Phi) is 6.22. The number of urea groups is 1. The number of allylic oxidation sites excluding steroid dienone is 1. The molecular weight excluding hydrogens is 368 g/mol. The zero-order valence-electron chi connectivity index (χ0n) is 17.1. The van der Waals surface area contributed by atoms with Crippen LogP contribution >= 0.6 is 0 Å². The van der Waals surface area contributed by atoms with Gasteiger partial charge >= 0.3 is 12.0 Å². The number of rotatable bonds is 6. The summed E-state index contributed by atoms with van der Waals surface area (Å²) in [7, 11) is 0. The van der Waals surface area contributed by atoms with Gasteiger partial charge in [0.1, 0.15) is 11.5 Å². The molecule has 0 radical (unpaired) electrons. The molecule has 3 rings (SSSR count). The van der Waals surface area contributed by atoms with Crippen molar-refractivity contribution in [2.24, 2.45) is 0 Å². The molecule has 1 unspecified atom stereocenters. The third-order valence-corrected chi connectivity index (χ3v) is 4.54. The summed E-state index contributed by atoms with van der Waals surface area (Å²) < 4.78 is 11.3. The Morgan fingerprint density at radius 1 is 1.03 bits per heavy atom. The zero-order valence-corrected chi connectivity index (χ0v) is 17.1. The van der Waals surface area contributed by atoms with E-state index >= 15 is 0 Å². The Morgan fingerprint density at radius 2 is 1.62 bits per heavy atom. The van der Waals surface area contributed by atoms with Gasteiger partial charge in [0.15, 0.2) is 0 Å². The van der Waals surface area contributed by atoms with Gasteiger partial charge in [-0.2, -0.15) is 0 Å². The number of benzene rings is 2. The van der Waals surface area contributed by atoms with Crippen molar-refractivity contribution in [1.82, 2.24) is 10.6 Å². The summed E-state index contributed by atoms with van der Waals surface area (Å²) in [6.45, 7) is 7.50. The average molecular weight is 394 g/mol. The number of amides is 2. The van der Waals surface area contributed by atoms with Gasteiger partial charge in [-0.05, 0) is 57.0 Å². The van der Waals surface area contributed by atoms with Gasteiger partial charge in [-0.1, -0.05) is 36.8 Å². The number of esters is 1. The maximum atomic E-state index is 12.7. The van der Waals surface area contributed by atoms with Crippen LogP contribution in [0.25, 0.3) is 0 Å². The van der Waals surface area contributed by atoms with Crippen molar-refractivity contribution >= 4 is 12.0 Å². The smallest absolute Gasteiger partial charge is 0.338 e. The second-order valence-electron chi connectivity index (χ2n) is 7.22. The highest BCUT2D eigenvalue weighted by atomic mass is 16.5. The molecule has 2 N–H and O–H groups in total. The number of nitrogens with one attached hydrogen (secondary N) is 2. The highest BCUT2D eigenvalue weighted by Gasteiger charge is 2.33. The zero-order chi connectivity index (χ0) is 21.0. The third kappa shape index (κ3) is 4.96. The normalized spacial score (nSPS) is 16.3. The maximum Gasteiger partial charge on any atom is 0.338 e. The number of carbonyl (C=O) groups is 2. The van der Waals surface area contributed by atoms with Gasteiger partial charge < -0.3 is 20.1 Å². The predicted molar refractivity (Wildman–Crippen MR) is 111 cm³/mol.